The Morgan fingerprint density at radius 3 is 2.43 bits per heavy atom. The molecule has 0 aliphatic carbocycles. The van der Waals surface area contributed by atoms with Crippen LogP contribution in [0.25, 0.3) is 0 Å². The van der Waals surface area contributed by atoms with Crippen LogP contribution in [0.3, 0.4) is 0 Å². The van der Waals surface area contributed by atoms with E-state index in [4.69, 9.17) is 0 Å². The minimum atomic E-state index is 0.0370. The van der Waals surface area contributed by atoms with Gasteiger partial charge in [-0.15, -0.1) is 0 Å². The molecule has 2 rings (SSSR count). The Hall–Kier alpha value is -1.87. The quantitative estimate of drug-likeness (QED) is 0.737. The van der Waals surface area contributed by atoms with Crippen molar-refractivity contribution in [1.29, 1.82) is 0 Å². The van der Waals surface area contributed by atoms with Crippen LogP contribution in [0.2, 0.25) is 0 Å². The summed E-state index contributed by atoms with van der Waals surface area (Å²) in [5.41, 5.74) is 2.26. The molecule has 0 N–H and O–H groups in total. The fourth-order valence-corrected chi connectivity index (χ4v) is 3.20. The molecule has 1 unspecified atom stereocenters. The van der Waals surface area contributed by atoms with Crippen LogP contribution in [-0.2, 0) is 4.79 Å². The standard InChI is InChI=1S/C20H28N2O/c1-4-11-17(5-2)16-19(23)21(3)20(22-14-9-10-15-22)18-12-7-6-8-13-18/h4-8,11-13,20H,9-10,14-16H2,1-3H3/b11-4-,17-5+. The summed E-state index contributed by atoms with van der Waals surface area (Å²) in [6, 6.07) is 10.4. The van der Waals surface area contributed by atoms with Crippen molar-refractivity contribution >= 4 is 5.91 Å². The SMILES string of the molecule is C/C=C\C(=C/C)CC(=O)N(C)C(c1ccccc1)N1CCCC1. The average molecular weight is 312 g/mol. The van der Waals surface area contributed by atoms with Crippen LogP contribution >= 0.6 is 0 Å². The van der Waals surface area contributed by atoms with Crippen LogP contribution in [0.1, 0.15) is 44.8 Å². The summed E-state index contributed by atoms with van der Waals surface area (Å²) in [6.45, 7) is 6.08. The second kappa shape index (κ2) is 8.68. The molecule has 0 spiro atoms. The summed E-state index contributed by atoms with van der Waals surface area (Å²) < 4.78 is 0. The van der Waals surface area contributed by atoms with E-state index >= 15 is 0 Å². The van der Waals surface area contributed by atoms with Crippen molar-refractivity contribution in [3.05, 3.63) is 59.7 Å². The van der Waals surface area contributed by atoms with Gasteiger partial charge in [0.05, 0.1) is 6.42 Å². The summed E-state index contributed by atoms with van der Waals surface area (Å²) in [5.74, 6) is 0.164. The molecule has 124 valence electrons. The van der Waals surface area contributed by atoms with Crippen molar-refractivity contribution in [1.82, 2.24) is 9.80 Å². The van der Waals surface area contributed by atoms with E-state index in [1.165, 1.54) is 18.4 Å². The zero-order chi connectivity index (χ0) is 16.7. The van der Waals surface area contributed by atoms with Gasteiger partial charge >= 0.3 is 0 Å². The normalized spacial score (nSPS) is 17.6. The molecule has 23 heavy (non-hydrogen) atoms. The number of rotatable bonds is 6. The molecule has 1 aliphatic heterocycles. The fourth-order valence-electron chi connectivity index (χ4n) is 3.20. The summed E-state index contributed by atoms with van der Waals surface area (Å²) in [6.07, 6.45) is 8.92. The number of carbonyl (C=O) groups excluding carboxylic acids is 1. The van der Waals surface area contributed by atoms with Gasteiger partial charge in [0.2, 0.25) is 5.91 Å². The highest BCUT2D eigenvalue weighted by Gasteiger charge is 2.29. The molecule has 1 saturated heterocycles. The Balaban J connectivity index is 2.19. The Morgan fingerprint density at radius 1 is 1.22 bits per heavy atom. The first kappa shape index (κ1) is 17.5. The highest BCUT2D eigenvalue weighted by molar-refractivity contribution is 5.79. The van der Waals surface area contributed by atoms with Crippen molar-refractivity contribution in [3.8, 4) is 0 Å². The third kappa shape index (κ3) is 4.55. The maximum Gasteiger partial charge on any atom is 0.228 e. The van der Waals surface area contributed by atoms with Gasteiger partial charge in [-0.05, 0) is 37.8 Å². The van der Waals surface area contributed by atoms with E-state index in [2.05, 4.69) is 17.0 Å². The Morgan fingerprint density at radius 2 is 1.87 bits per heavy atom. The molecule has 1 aromatic rings. The van der Waals surface area contributed by atoms with Crippen LogP contribution in [0, 0.1) is 0 Å². The van der Waals surface area contributed by atoms with Gasteiger partial charge in [0, 0.05) is 20.1 Å². The van der Waals surface area contributed by atoms with Gasteiger partial charge in [0.1, 0.15) is 6.17 Å². The number of nitrogens with zero attached hydrogens (tertiary/aromatic N) is 2. The molecule has 3 nitrogen and oxygen atoms in total. The Labute approximate surface area is 140 Å². The Kier molecular flexibility index (Phi) is 6.60. The summed E-state index contributed by atoms with van der Waals surface area (Å²) in [5, 5.41) is 0. The lowest BCUT2D eigenvalue weighted by Crippen LogP contribution is -2.41. The third-order valence-corrected chi connectivity index (χ3v) is 4.45. The van der Waals surface area contributed by atoms with E-state index in [0.717, 1.165) is 18.7 Å². The molecular weight excluding hydrogens is 284 g/mol. The zero-order valence-corrected chi connectivity index (χ0v) is 14.5. The van der Waals surface area contributed by atoms with E-state index in [0.29, 0.717) is 6.42 Å². The molecule has 0 aromatic heterocycles. The molecule has 0 bridgehead atoms. The predicted octanol–water partition coefficient (Wildman–Crippen LogP) is 4.15. The number of allylic oxidation sites excluding steroid dienone is 3. The summed E-state index contributed by atoms with van der Waals surface area (Å²) in [4.78, 5) is 17.1. The van der Waals surface area contributed by atoms with Crippen LogP contribution in [0.5, 0.6) is 0 Å². The molecule has 0 saturated carbocycles. The molecular formula is C20H28N2O. The van der Waals surface area contributed by atoms with Crippen molar-refractivity contribution in [2.24, 2.45) is 0 Å². The number of amides is 1. The van der Waals surface area contributed by atoms with E-state index in [1.807, 2.05) is 62.2 Å². The van der Waals surface area contributed by atoms with Crippen LogP contribution in [-0.4, -0.2) is 35.8 Å². The highest BCUT2D eigenvalue weighted by Crippen LogP contribution is 2.28. The lowest BCUT2D eigenvalue weighted by molar-refractivity contribution is -0.135. The van der Waals surface area contributed by atoms with Gasteiger partial charge in [-0.1, -0.05) is 48.6 Å². The predicted molar refractivity (Wildman–Crippen MR) is 95.9 cm³/mol. The highest BCUT2D eigenvalue weighted by atomic mass is 16.2. The van der Waals surface area contributed by atoms with Crippen molar-refractivity contribution in [2.75, 3.05) is 20.1 Å². The topological polar surface area (TPSA) is 23.6 Å². The maximum absolute atomic E-state index is 12.8. The van der Waals surface area contributed by atoms with Gasteiger partial charge in [-0.3, -0.25) is 9.69 Å². The molecule has 1 fully saturated rings. The first-order valence-electron chi connectivity index (χ1n) is 8.50. The third-order valence-electron chi connectivity index (χ3n) is 4.45. The number of hydrogen-bond acceptors (Lipinski definition) is 2. The van der Waals surface area contributed by atoms with Gasteiger partial charge in [0.25, 0.3) is 0 Å². The van der Waals surface area contributed by atoms with E-state index in [9.17, 15) is 4.79 Å². The molecule has 1 heterocycles. The first-order valence-corrected chi connectivity index (χ1v) is 8.50. The van der Waals surface area contributed by atoms with E-state index < -0.39 is 0 Å². The summed E-state index contributed by atoms with van der Waals surface area (Å²) >= 11 is 0. The van der Waals surface area contributed by atoms with Crippen molar-refractivity contribution in [3.63, 3.8) is 0 Å². The number of carbonyl (C=O) groups is 1. The number of hydrogen-bond donors (Lipinski definition) is 0. The number of likely N-dealkylation sites (tertiary alicyclic amines) is 1. The van der Waals surface area contributed by atoms with Gasteiger partial charge < -0.3 is 4.90 Å². The lowest BCUT2D eigenvalue weighted by Gasteiger charge is -2.36. The van der Waals surface area contributed by atoms with E-state index in [1.54, 1.807) is 0 Å². The smallest absolute Gasteiger partial charge is 0.228 e. The van der Waals surface area contributed by atoms with Crippen molar-refractivity contribution in [2.45, 2.75) is 39.3 Å². The lowest BCUT2D eigenvalue weighted by atomic mass is 10.1. The largest absolute Gasteiger partial charge is 0.325 e. The van der Waals surface area contributed by atoms with E-state index in [-0.39, 0.29) is 12.1 Å². The van der Waals surface area contributed by atoms with Gasteiger partial charge in [-0.25, -0.2) is 0 Å². The summed E-state index contributed by atoms with van der Waals surface area (Å²) in [7, 11) is 1.93. The molecule has 1 aliphatic rings. The zero-order valence-electron chi connectivity index (χ0n) is 14.5. The molecule has 0 radical (unpaired) electrons. The second-order valence-electron chi connectivity index (χ2n) is 6.07. The van der Waals surface area contributed by atoms with Crippen molar-refractivity contribution < 1.29 is 4.79 Å². The van der Waals surface area contributed by atoms with Crippen LogP contribution in [0.4, 0.5) is 0 Å². The van der Waals surface area contributed by atoms with Crippen LogP contribution in [0.15, 0.2) is 54.1 Å². The minimum Gasteiger partial charge on any atom is -0.325 e. The second-order valence-corrected chi connectivity index (χ2v) is 6.07. The first-order chi connectivity index (χ1) is 11.2. The molecule has 1 aromatic carbocycles. The molecule has 1 atom stereocenters. The monoisotopic (exact) mass is 312 g/mol. The average Bonchev–Trinajstić information content (AvgIpc) is 3.09. The molecule has 3 heteroatoms. The van der Waals surface area contributed by atoms with Gasteiger partial charge in [-0.2, -0.15) is 0 Å². The number of benzene rings is 1. The maximum atomic E-state index is 12.8. The molecule has 1 amide bonds. The van der Waals surface area contributed by atoms with Crippen LogP contribution < -0.4 is 0 Å². The fraction of sp³-hybridized carbons (Fsp3) is 0.450. The minimum absolute atomic E-state index is 0.0370. The Bertz CT molecular complexity index is 556. The van der Waals surface area contributed by atoms with Gasteiger partial charge in [0.15, 0.2) is 0 Å².